The molecular formula is C17H22N2O. The molecule has 0 spiro atoms. The zero-order chi connectivity index (χ0) is 15.1. The van der Waals surface area contributed by atoms with E-state index in [-0.39, 0.29) is 11.0 Å². The van der Waals surface area contributed by atoms with Gasteiger partial charge in [0, 0.05) is 17.0 Å². The molecule has 0 unspecified atom stereocenters. The molecule has 0 bridgehead atoms. The Morgan fingerprint density at radius 1 is 0.950 bits per heavy atom. The minimum absolute atomic E-state index is 0.0995. The number of hydrogen-bond acceptors (Lipinski definition) is 2. The maximum absolute atomic E-state index is 11.9. The van der Waals surface area contributed by atoms with Gasteiger partial charge in [0.05, 0.1) is 5.69 Å². The van der Waals surface area contributed by atoms with Crippen LogP contribution in [-0.4, -0.2) is 9.97 Å². The second kappa shape index (κ2) is 4.89. The Labute approximate surface area is 120 Å². The molecule has 0 aliphatic rings. The fourth-order valence-electron chi connectivity index (χ4n) is 2.19. The number of aryl methyl sites for hydroxylation is 3. The summed E-state index contributed by atoms with van der Waals surface area (Å²) in [6.45, 7) is 12.4. The Bertz CT molecular complexity index is 706. The van der Waals surface area contributed by atoms with Crippen LogP contribution < -0.4 is 5.56 Å². The summed E-state index contributed by atoms with van der Waals surface area (Å²) in [7, 11) is 0. The Morgan fingerprint density at radius 2 is 1.55 bits per heavy atom. The van der Waals surface area contributed by atoms with Gasteiger partial charge in [-0.05, 0) is 43.5 Å². The molecule has 1 aromatic carbocycles. The van der Waals surface area contributed by atoms with Crippen LogP contribution in [0.1, 0.15) is 43.3 Å². The van der Waals surface area contributed by atoms with E-state index in [0.29, 0.717) is 0 Å². The van der Waals surface area contributed by atoms with Crippen molar-refractivity contribution in [2.45, 2.75) is 47.0 Å². The largest absolute Gasteiger partial charge is 0.310 e. The molecule has 0 aliphatic heterocycles. The topological polar surface area (TPSA) is 45.8 Å². The molecule has 3 heteroatoms. The van der Waals surface area contributed by atoms with Gasteiger partial charge in [-0.3, -0.25) is 4.79 Å². The molecule has 1 aromatic heterocycles. The van der Waals surface area contributed by atoms with Crippen LogP contribution in [0.15, 0.2) is 23.0 Å². The first-order chi connectivity index (χ1) is 9.18. The van der Waals surface area contributed by atoms with Crippen LogP contribution in [0.25, 0.3) is 11.3 Å². The first-order valence-corrected chi connectivity index (χ1v) is 6.88. The highest BCUT2D eigenvalue weighted by Crippen LogP contribution is 2.26. The molecule has 0 fully saturated rings. The maximum Gasteiger partial charge on any atom is 0.251 e. The van der Waals surface area contributed by atoms with Gasteiger partial charge in [-0.2, -0.15) is 0 Å². The van der Waals surface area contributed by atoms with Crippen molar-refractivity contribution >= 4 is 0 Å². The third-order valence-corrected chi connectivity index (χ3v) is 3.57. The van der Waals surface area contributed by atoms with Crippen molar-refractivity contribution in [3.8, 4) is 11.3 Å². The van der Waals surface area contributed by atoms with Crippen molar-refractivity contribution in [1.82, 2.24) is 9.97 Å². The molecule has 1 heterocycles. The molecular weight excluding hydrogens is 248 g/mol. The lowest BCUT2D eigenvalue weighted by molar-refractivity contribution is 0.543. The van der Waals surface area contributed by atoms with Gasteiger partial charge in [-0.1, -0.05) is 26.8 Å². The summed E-state index contributed by atoms with van der Waals surface area (Å²) >= 11 is 0. The molecule has 2 aromatic rings. The van der Waals surface area contributed by atoms with Crippen LogP contribution in [-0.2, 0) is 5.41 Å². The first-order valence-electron chi connectivity index (χ1n) is 6.88. The minimum Gasteiger partial charge on any atom is -0.310 e. The van der Waals surface area contributed by atoms with E-state index in [0.717, 1.165) is 22.6 Å². The van der Waals surface area contributed by atoms with E-state index in [4.69, 9.17) is 0 Å². The normalized spacial score (nSPS) is 11.7. The van der Waals surface area contributed by atoms with E-state index < -0.39 is 0 Å². The smallest absolute Gasteiger partial charge is 0.251 e. The molecule has 0 aliphatic carbocycles. The van der Waals surface area contributed by atoms with Crippen LogP contribution in [0.3, 0.4) is 0 Å². The van der Waals surface area contributed by atoms with Crippen molar-refractivity contribution in [3.05, 3.63) is 51.1 Å². The molecule has 1 N–H and O–H groups in total. The zero-order valence-electron chi connectivity index (χ0n) is 13.1. The summed E-state index contributed by atoms with van der Waals surface area (Å²) < 4.78 is 0. The Morgan fingerprint density at radius 3 is 2.15 bits per heavy atom. The van der Waals surface area contributed by atoms with E-state index in [1.165, 1.54) is 11.1 Å². The minimum atomic E-state index is -0.178. The molecule has 0 amide bonds. The summed E-state index contributed by atoms with van der Waals surface area (Å²) in [6, 6.07) is 5.83. The van der Waals surface area contributed by atoms with Crippen molar-refractivity contribution in [1.29, 1.82) is 0 Å². The van der Waals surface area contributed by atoms with Crippen LogP contribution in [0, 0.1) is 20.8 Å². The van der Waals surface area contributed by atoms with Gasteiger partial charge in [-0.25, -0.2) is 4.98 Å². The lowest BCUT2D eigenvalue weighted by atomic mass is 9.94. The van der Waals surface area contributed by atoms with Crippen molar-refractivity contribution in [2.75, 3.05) is 0 Å². The molecule has 0 saturated heterocycles. The van der Waals surface area contributed by atoms with Crippen LogP contribution >= 0.6 is 0 Å². The number of rotatable bonds is 1. The average Bonchev–Trinajstić information content (AvgIpc) is 2.32. The average molecular weight is 270 g/mol. The standard InChI is InChI=1S/C17H22N2O/c1-10-7-12(3)13(8-11(10)2)14-9-15(20)19-16(18-14)17(4,5)6/h7-9H,1-6H3,(H,18,19,20). The van der Waals surface area contributed by atoms with Gasteiger partial charge in [0.15, 0.2) is 0 Å². The lowest BCUT2D eigenvalue weighted by Crippen LogP contribution is -2.22. The summed E-state index contributed by atoms with van der Waals surface area (Å²) in [4.78, 5) is 19.4. The van der Waals surface area contributed by atoms with Crippen molar-refractivity contribution in [3.63, 3.8) is 0 Å². The van der Waals surface area contributed by atoms with Crippen molar-refractivity contribution in [2.24, 2.45) is 0 Å². The fraction of sp³-hybridized carbons (Fsp3) is 0.412. The monoisotopic (exact) mass is 270 g/mol. The van der Waals surface area contributed by atoms with Gasteiger partial charge in [0.1, 0.15) is 5.82 Å². The van der Waals surface area contributed by atoms with E-state index in [2.05, 4.69) is 42.9 Å². The Hall–Kier alpha value is -1.90. The highest BCUT2D eigenvalue weighted by molar-refractivity contribution is 5.65. The summed E-state index contributed by atoms with van der Waals surface area (Å²) in [5, 5.41) is 0. The van der Waals surface area contributed by atoms with Crippen LogP contribution in [0.4, 0.5) is 0 Å². The number of H-pyrrole nitrogens is 1. The van der Waals surface area contributed by atoms with Gasteiger partial charge >= 0.3 is 0 Å². The number of benzene rings is 1. The van der Waals surface area contributed by atoms with E-state index >= 15 is 0 Å². The SMILES string of the molecule is Cc1cc(C)c(-c2cc(=O)[nH]c(C(C)(C)C)n2)cc1C. The molecule has 20 heavy (non-hydrogen) atoms. The molecule has 106 valence electrons. The third-order valence-electron chi connectivity index (χ3n) is 3.57. The van der Waals surface area contributed by atoms with E-state index in [1.54, 1.807) is 6.07 Å². The number of aromatic amines is 1. The number of aromatic nitrogens is 2. The number of nitrogens with one attached hydrogen (secondary N) is 1. The van der Waals surface area contributed by atoms with Gasteiger partial charge in [0.25, 0.3) is 5.56 Å². The van der Waals surface area contributed by atoms with Gasteiger partial charge < -0.3 is 4.98 Å². The summed E-state index contributed by atoms with van der Waals surface area (Å²) in [6.07, 6.45) is 0. The first kappa shape index (κ1) is 14.5. The zero-order valence-corrected chi connectivity index (χ0v) is 13.1. The molecule has 0 saturated carbocycles. The maximum atomic E-state index is 11.9. The van der Waals surface area contributed by atoms with Gasteiger partial charge in [-0.15, -0.1) is 0 Å². The molecule has 2 rings (SSSR count). The highest BCUT2D eigenvalue weighted by atomic mass is 16.1. The predicted molar refractivity (Wildman–Crippen MR) is 83.2 cm³/mol. The molecule has 0 radical (unpaired) electrons. The number of hydrogen-bond donors (Lipinski definition) is 1. The number of nitrogens with zero attached hydrogens (tertiary/aromatic N) is 1. The summed E-state index contributed by atoms with van der Waals surface area (Å²) in [5.74, 6) is 0.720. The van der Waals surface area contributed by atoms with E-state index in [1.807, 2.05) is 20.8 Å². The van der Waals surface area contributed by atoms with Crippen LogP contribution in [0.5, 0.6) is 0 Å². The highest BCUT2D eigenvalue weighted by Gasteiger charge is 2.18. The second-order valence-corrected chi connectivity index (χ2v) is 6.48. The van der Waals surface area contributed by atoms with E-state index in [9.17, 15) is 4.79 Å². The van der Waals surface area contributed by atoms with Crippen LogP contribution in [0.2, 0.25) is 0 Å². The fourth-order valence-corrected chi connectivity index (χ4v) is 2.19. The molecule has 0 atom stereocenters. The second-order valence-electron chi connectivity index (χ2n) is 6.48. The summed E-state index contributed by atoms with van der Waals surface area (Å²) in [5.41, 5.74) is 5.12. The Kier molecular flexibility index (Phi) is 3.55. The lowest BCUT2D eigenvalue weighted by Gasteiger charge is -2.18. The predicted octanol–water partition coefficient (Wildman–Crippen LogP) is 3.66. The Balaban J connectivity index is 2.68. The third kappa shape index (κ3) is 2.82. The molecule has 3 nitrogen and oxygen atoms in total. The van der Waals surface area contributed by atoms with Gasteiger partial charge in [0.2, 0.25) is 0 Å². The quantitative estimate of drug-likeness (QED) is 0.859. The van der Waals surface area contributed by atoms with Crippen molar-refractivity contribution < 1.29 is 0 Å².